The summed E-state index contributed by atoms with van der Waals surface area (Å²) in [5, 5.41) is 14.3. The van der Waals surface area contributed by atoms with E-state index in [1.54, 1.807) is 18.2 Å². The number of ether oxygens (including phenoxy) is 2. The summed E-state index contributed by atoms with van der Waals surface area (Å²) in [7, 11) is 1.53. The molecule has 0 saturated carbocycles. The molecule has 6 heteroatoms. The zero-order valence-electron chi connectivity index (χ0n) is 18.4. The third-order valence-electron chi connectivity index (χ3n) is 5.23. The third-order valence-corrected chi connectivity index (χ3v) is 5.23. The van der Waals surface area contributed by atoms with E-state index in [1.807, 2.05) is 30.3 Å². The largest absolute Gasteiger partial charge is 0.493 e. The first-order valence-electron chi connectivity index (χ1n) is 10.5. The van der Waals surface area contributed by atoms with Crippen LogP contribution >= 0.6 is 0 Å². The van der Waals surface area contributed by atoms with Crippen molar-refractivity contribution in [1.82, 2.24) is 0 Å². The monoisotopic (exact) mass is 452 g/mol. The van der Waals surface area contributed by atoms with Gasteiger partial charge in [0.1, 0.15) is 24.1 Å². The molecule has 0 aliphatic carbocycles. The minimum atomic E-state index is -0.593. The Morgan fingerprint density at radius 2 is 1.76 bits per heavy atom. The summed E-state index contributed by atoms with van der Waals surface area (Å²) in [5.41, 5.74) is 1.94. The maximum Gasteiger partial charge on any atom is 0.266 e. The highest BCUT2D eigenvalue weighted by Gasteiger charge is 2.12. The van der Waals surface area contributed by atoms with Gasteiger partial charge >= 0.3 is 0 Å². The van der Waals surface area contributed by atoms with Crippen LogP contribution in [0.15, 0.2) is 90.5 Å². The van der Waals surface area contributed by atoms with Gasteiger partial charge in [-0.3, -0.25) is 4.79 Å². The summed E-state index contributed by atoms with van der Waals surface area (Å²) in [6.45, 7) is 0.358. The van der Waals surface area contributed by atoms with E-state index in [4.69, 9.17) is 9.47 Å². The van der Waals surface area contributed by atoms with Crippen LogP contribution in [0.3, 0.4) is 0 Å². The van der Waals surface area contributed by atoms with E-state index in [0.29, 0.717) is 29.4 Å². The van der Waals surface area contributed by atoms with E-state index in [1.165, 1.54) is 37.5 Å². The van der Waals surface area contributed by atoms with Crippen molar-refractivity contribution in [1.29, 1.82) is 5.26 Å². The molecule has 0 fully saturated rings. The predicted molar refractivity (Wildman–Crippen MR) is 130 cm³/mol. The molecule has 0 spiro atoms. The third kappa shape index (κ3) is 5.22. The number of anilines is 1. The predicted octanol–water partition coefficient (Wildman–Crippen LogP) is 6.11. The fourth-order valence-electron chi connectivity index (χ4n) is 3.51. The molecule has 4 aromatic rings. The second-order valence-electron chi connectivity index (χ2n) is 7.47. The number of rotatable bonds is 7. The van der Waals surface area contributed by atoms with Crippen LogP contribution in [0.25, 0.3) is 16.8 Å². The summed E-state index contributed by atoms with van der Waals surface area (Å²) in [5.74, 6) is 0.0142. The van der Waals surface area contributed by atoms with Gasteiger partial charge in [0.2, 0.25) is 0 Å². The van der Waals surface area contributed by atoms with Gasteiger partial charge in [0.15, 0.2) is 11.5 Å². The van der Waals surface area contributed by atoms with Crippen molar-refractivity contribution in [3.05, 3.63) is 107 Å². The maximum absolute atomic E-state index is 13.1. The van der Waals surface area contributed by atoms with Crippen molar-refractivity contribution in [3.8, 4) is 17.6 Å². The summed E-state index contributed by atoms with van der Waals surface area (Å²) in [6.07, 6.45) is 1.45. The molecule has 4 rings (SSSR count). The lowest BCUT2D eigenvalue weighted by atomic mass is 10.1. The molecule has 34 heavy (non-hydrogen) atoms. The number of benzene rings is 4. The van der Waals surface area contributed by atoms with Gasteiger partial charge in [-0.05, 0) is 64.4 Å². The number of nitriles is 1. The number of hydrogen-bond donors (Lipinski definition) is 1. The number of methoxy groups -OCH3 is 1. The van der Waals surface area contributed by atoms with Gasteiger partial charge < -0.3 is 14.8 Å². The van der Waals surface area contributed by atoms with Crippen molar-refractivity contribution in [2.45, 2.75) is 6.61 Å². The van der Waals surface area contributed by atoms with Crippen LogP contribution in [0.4, 0.5) is 10.1 Å². The molecule has 0 radical (unpaired) electrons. The molecule has 0 heterocycles. The maximum atomic E-state index is 13.1. The first-order chi connectivity index (χ1) is 16.6. The average molecular weight is 452 g/mol. The van der Waals surface area contributed by atoms with Crippen molar-refractivity contribution in [2.75, 3.05) is 12.4 Å². The van der Waals surface area contributed by atoms with Gasteiger partial charge in [-0.1, -0.05) is 48.5 Å². The van der Waals surface area contributed by atoms with Crippen LogP contribution in [0.5, 0.6) is 11.5 Å². The standard InChI is InChI=1S/C28H21FN2O3/c1-33-27-16-19(15-22(17-30)28(32)31-24-12-10-23(29)11-13-24)9-14-26(27)34-18-21-7-4-6-20-5-2-3-8-25(20)21/h2-16H,18H2,1H3,(H,31,32)/b22-15+. The summed E-state index contributed by atoms with van der Waals surface area (Å²) in [4.78, 5) is 12.5. The summed E-state index contributed by atoms with van der Waals surface area (Å²) in [6, 6.07) is 26.5. The zero-order chi connectivity index (χ0) is 23.9. The molecule has 5 nitrogen and oxygen atoms in total. The second-order valence-corrected chi connectivity index (χ2v) is 7.47. The van der Waals surface area contributed by atoms with E-state index in [9.17, 15) is 14.4 Å². The smallest absolute Gasteiger partial charge is 0.266 e. The molecule has 0 aliphatic heterocycles. The van der Waals surface area contributed by atoms with Crippen LogP contribution in [0.1, 0.15) is 11.1 Å². The number of hydrogen-bond acceptors (Lipinski definition) is 4. The van der Waals surface area contributed by atoms with Crippen LogP contribution in [-0.2, 0) is 11.4 Å². The Hall–Kier alpha value is -4.63. The average Bonchev–Trinajstić information content (AvgIpc) is 2.87. The topological polar surface area (TPSA) is 71.3 Å². The first kappa shape index (κ1) is 22.6. The lowest BCUT2D eigenvalue weighted by molar-refractivity contribution is -0.112. The molecular formula is C28H21FN2O3. The van der Waals surface area contributed by atoms with Gasteiger partial charge in [0, 0.05) is 5.69 Å². The zero-order valence-corrected chi connectivity index (χ0v) is 18.4. The highest BCUT2D eigenvalue weighted by Crippen LogP contribution is 2.30. The first-order valence-corrected chi connectivity index (χ1v) is 10.5. The van der Waals surface area contributed by atoms with Crippen LogP contribution < -0.4 is 14.8 Å². The quantitative estimate of drug-likeness (QED) is 0.271. The molecule has 0 aliphatic rings. The van der Waals surface area contributed by atoms with Crippen molar-refractivity contribution in [3.63, 3.8) is 0 Å². The van der Waals surface area contributed by atoms with E-state index in [2.05, 4.69) is 23.5 Å². The second kappa shape index (κ2) is 10.3. The van der Waals surface area contributed by atoms with E-state index >= 15 is 0 Å². The molecule has 0 aromatic heterocycles. The van der Waals surface area contributed by atoms with Crippen LogP contribution in [0.2, 0.25) is 0 Å². The fraction of sp³-hybridized carbons (Fsp3) is 0.0714. The highest BCUT2D eigenvalue weighted by atomic mass is 19.1. The van der Waals surface area contributed by atoms with Gasteiger partial charge in [-0.25, -0.2) is 4.39 Å². The summed E-state index contributed by atoms with van der Waals surface area (Å²) < 4.78 is 24.6. The Balaban J connectivity index is 1.51. The molecule has 1 amide bonds. The molecule has 0 unspecified atom stereocenters. The van der Waals surface area contributed by atoms with E-state index in [0.717, 1.165) is 16.3 Å². The molecule has 4 aromatic carbocycles. The number of nitrogens with zero attached hydrogens (tertiary/aromatic N) is 1. The van der Waals surface area contributed by atoms with Gasteiger partial charge in [-0.15, -0.1) is 0 Å². The molecule has 0 saturated heterocycles. The van der Waals surface area contributed by atoms with Gasteiger partial charge in [0.25, 0.3) is 5.91 Å². The Morgan fingerprint density at radius 1 is 1.00 bits per heavy atom. The van der Waals surface area contributed by atoms with Crippen molar-refractivity contribution in [2.24, 2.45) is 0 Å². The molecule has 0 atom stereocenters. The Labute approximate surface area is 196 Å². The number of nitrogens with one attached hydrogen (secondary N) is 1. The SMILES string of the molecule is COc1cc(/C=C(\C#N)C(=O)Nc2ccc(F)cc2)ccc1OCc1cccc2ccccc12. The summed E-state index contributed by atoms with van der Waals surface area (Å²) >= 11 is 0. The Bertz CT molecular complexity index is 1400. The van der Waals surface area contributed by atoms with Crippen molar-refractivity contribution < 1.29 is 18.7 Å². The van der Waals surface area contributed by atoms with E-state index in [-0.39, 0.29) is 5.57 Å². The number of carbonyl (C=O) groups is 1. The normalized spacial score (nSPS) is 11.0. The molecular weight excluding hydrogens is 431 g/mol. The van der Waals surface area contributed by atoms with Gasteiger partial charge in [-0.2, -0.15) is 5.26 Å². The van der Waals surface area contributed by atoms with E-state index < -0.39 is 11.7 Å². The Morgan fingerprint density at radius 3 is 2.53 bits per heavy atom. The number of fused-ring (bicyclic) bond motifs is 1. The van der Waals surface area contributed by atoms with Gasteiger partial charge in [0.05, 0.1) is 7.11 Å². The fourth-order valence-corrected chi connectivity index (χ4v) is 3.51. The minimum Gasteiger partial charge on any atom is -0.493 e. The number of amides is 1. The molecule has 1 N–H and O–H groups in total. The minimum absolute atomic E-state index is 0.101. The Kier molecular flexibility index (Phi) is 6.85. The van der Waals surface area contributed by atoms with Crippen LogP contribution in [-0.4, -0.2) is 13.0 Å². The highest BCUT2D eigenvalue weighted by molar-refractivity contribution is 6.09. The van der Waals surface area contributed by atoms with Crippen molar-refractivity contribution >= 4 is 28.4 Å². The molecule has 168 valence electrons. The number of halogens is 1. The van der Waals surface area contributed by atoms with Crippen LogP contribution in [0, 0.1) is 17.1 Å². The molecule has 0 bridgehead atoms. The lowest BCUT2D eigenvalue weighted by Gasteiger charge is -2.13. The lowest BCUT2D eigenvalue weighted by Crippen LogP contribution is -2.13. The number of carbonyl (C=O) groups excluding carboxylic acids is 1.